The Hall–Kier alpha value is -1.44. The van der Waals surface area contributed by atoms with Gasteiger partial charge in [-0.15, -0.1) is 0 Å². The molecule has 0 aliphatic heterocycles. The van der Waals surface area contributed by atoms with Gasteiger partial charge in [-0.05, 0) is 30.2 Å². The summed E-state index contributed by atoms with van der Waals surface area (Å²) in [6.45, 7) is 1.96. The first-order valence-corrected chi connectivity index (χ1v) is 4.66. The van der Waals surface area contributed by atoms with E-state index in [0.717, 1.165) is 12.0 Å². The Bertz CT molecular complexity index is 342. The molecule has 0 amide bonds. The quantitative estimate of drug-likeness (QED) is 0.670. The Morgan fingerprint density at radius 2 is 2.29 bits per heavy atom. The van der Waals surface area contributed by atoms with Crippen LogP contribution in [0.3, 0.4) is 0 Å². The van der Waals surface area contributed by atoms with E-state index < -0.39 is 0 Å². The summed E-state index contributed by atoms with van der Waals surface area (Å²) >= 11 is 0. The maximum atomic E-state index is 12.7. The molecule has 0 unspecified atom stereocenters. The van der Waals surface area contributed by atoms with Gasteiger partial charge in [0.1, 0.15) is 5.82 Å². The molecule has 1 rings (SSSR count). The van der Waals surface area contributed by atoms with Crippen LogP contribution in [0.4, 0.5) is 4.39 Å². The summed E-state index contributed by atoms with van der Waals surface area (Å²) in [5.41, 5.74) is 0.718. The van der Waals surface area contributed by atoms with E-state index in [4.69, 9.17) is 0 Å². The lowest BCUT2D eigenvalue weighted by Crippen LogP contribution is -1.98. The van der Waals surface area contributed by atoms with Crippen LogP contribution in [0, 0.1) is 5.82 Å². The molecule has 0 heterocycles. The lowest BCUT2D eigenvalue weighted by atomic mass is 10.1. The van der Waals surface area contributed by atoms with Crippen LogP contribution < -0.4 is 0 Å². The molecule has 0 saturated carbocycles. The molecule has 0 N–H and O–H groups in total. The molecule has 0 aromatic heterocycles. The van der Waals surface area contributed by atoms with Crippen molar-refractivity contribution in [3.63, 3.8) is 0 Å². The van der Waals surface area contributed by atoms with E-state index >= 15 is 0 Å². The second-order valence-corrected chi connectivity index (χ2v) is 3.08. The van der Waals surface area contributed by atoms with Gasteiger partial charge in [0.25, 0.3) is 0 Å². The second kappa shape index (κ2) is 5.32. The zero-order valence-corrected chi connectivity index (χ0v) is 8.16. The van der Waals surface area contributed by atoms with Gasteiger partial charge in [0.05, 0.1) is 0 Å². The Kier molecular flexibility index (Phi) is 4.05. The molecule has 0 saturated heterocycles. The first-order chi connectivity index (χ1) is 6.72. The summed E-state index contributed by atoms with van der Waals surface area (Å²) in [6, 6.07) is 6.12. The van der Waals surface area contributed by atoms with E-state index in [2.05, 4.69) is 0 Å². The van der Waals surface area contributed by atoms with Crippen LogP contribution in [0.2, 0.25) is 0 Å². The van der Waals surface area contributed by atoms with Crippen LogP contribution in [0.25, 0.3) is 0 Å². The number of ketones is 1. The van der Waals surface area contributed by atoms with E-state index in [1.54, 1.807) is 18.2 Å². The standard InChI is InChI=1S/C12H13FO/c1-2-3-7-12(14)9-10-5-4-6-11(13)8-10/h3-8H,2,9H2,1H3/b7-3+. The van der Waals surface area contributed by atoms with Gasteiger partial charge in [0, 0.05) is 6.42 Å². The Morgan fingerprint density at radius 1 is 1.50 bits per heavy atom. The van der Waals surface area contributed by atoms with Gasteiger partial charge in [-0.3, -0.25) is 4.79 Å². The third kappa shape index (κ3) is 3.52. The number of rotatable bonds is 4. The predicted octanol–water partition coefficient (Wildman–Crippen LogP) is 2.90. The minimum atomic E-state index is -0.297. The van der Waals surface area contributed by atoms with Gasteiger partial charge >= 0.3 is 0 Å². The summed E-state index contributed by atoms with van der Waals surface area (Å²) in [5.74, 6) is -0.285. The first-order valence-electron chi connectivity index (χ1n) is 4.66. The number of allylic oxidation sites excluding steroid dienone is 2. The Balaban J connectivity index is 2.60. The molecule has 14 heavy (non-hydrogen) atoms. The molecule has 74 valence electrons. The third-order valence-electron chi connectivity index (χ3n) is 1.81. The monoisotopic (exact) mass is 192 g/mol. The predicted molar refractivity (Wildman–Crippen MR) is 54.5 cm³/mol. The molecular weight excluding hydrogens is 179 g/mol. The molecule has 0 aliphatic rings. The number of hydrogen-bond acceptors (Lipinski definition) is 1. The fourth-order valence-corrected chi connectivity index (χ4v) is 1.16. The van der Waals surface area contributed by atoms with Crippen molar-refractivity contribution in [2.24, 2.45) is 0 Å². The highest BCUT2D eigenvalue weighted by molar-refractivity contribution is 5.91. The van der Waals surface area contributed by atoms with Gasteiger partial charge in [0.15, 0.2) is 5.78 Å². The Morgan fingerprint density at radius 3 is 2.93 bits per heavy atom. The number of carbonyl (C=O) groups is 1. The van der Waals surface area contributed by atoms with Gasteiger partial charge in [-0.25, -0.2) is 4.39 Å². The van der Waals surface area contributed by atoms with Crippen molar-refractivity contribution in [1.29, 1.82) is 0 Å². The van der Waals surface area contributed by atoms with Crippen molar-refractivity contribution >= 4 is 5.78 Å². The SMILES string of the molecule is CC/C=C/C(=O)Cc1cccc(F)c1. The van der Waals surface area contributed by atoms with E-state index in [1.807, 2.05) is 13.0 Å². The summed E-state index contributed by atoms with van der Waals surface area (Å²) < 4.78 is 12.7. The van der Waals surface area contributed by atoms with Crippen LogP contribution in [0.15, 0.2) is 36.4 Å². The average molecular weight is 192 g/mol. The lowest BCUT2D eigenvalue weighted by molar-refractivity contribution is -0.114. The summed E-state index contributed by atoms with van der Waals surface area (Å²) in [5, 5.41) is 0. The van der Waals surface area contributed by atoms with E-state index in [0.29, 0.717) is 0 Å². The molecular formula is C12H13FO. The minimum absolute atomic E-state index is 0.0115. The number of carbonyl (C=O) groups excluding carboxylic acids is 1. The highest BCUT2D eigenvalue weighted by Gasteiger charge is 2.00. The molecule has 0 bridgehead atoms. The van der Waals surface area contributed by atoms with E-state index in [1.165, 1.54) is 12.1 Å². The number of halogens is 1. The second-order valence-electron chi connectivity index (χ2n) is 3.08. The molecule has 0 aliphatic carbocycles. The Labute approximate surface area is 83.3 Å². The van der Waals surface area contributed by atoms with Crippen molar-refractivity contribution in [1.82, 2.24) is 0 Å². The summed E-state index contributed by atoms with van der Waals surface area (Å²) in [6.07, 6.45) is 4.47. The lowest BCUT2D eigenvalue weighted by Gasteiger charge is -1.97. The van der Waals surface area contributed by atoms with Crippen LogP contribution in [-0.4, -0.2) is 5.78 Å². The minimum Gasteiger partial charge on any atom is -0.294 e. The largest absolute Gasteiger partial charge is 0.294 e. The topological polar surface area (TPSA) is 17.1 Å². The maximum Gasteiger partial charge on any atom is 0.159 e. The molecule has 1 aromatic carbocycles. The molecule has 0 fully saturated rings. The number of benzene rings is 1. The van der Waals surface area contributed by atoms with Crippen LogP contribution in [0.1, 0.15) is 18.9 Å². The fraction of sp³-hybridized carbons (Fsp3) is 0.250. The van der Waals surface area contributed by atoms with E-state index in [9.17, 15) is 9.18 Å². The van der Waals surface area contributed by atoms with Crippen molar-refractivity contribution in [3.05, 3.63) is 47.8 Å². The van der Waals surface area contributed by atoms with Crippen LogP contribution >= 0.6 is 0 Å². The average Bonchev–Trinajstić information content (AvgIpc) is 2.15. The molecule has 0 spiro atoms. The third-order valence-corrected chi connectivity index (χ3v) is 1.81. The molecule has 0 atom stereocenters. The zero-order valence-electron chi connectivity index (χ0n) is 8.16. The highest BCUT2D eigenvalue weighted by atomic mass is 19.1. The normalized spacial score (nSPS) is 10.7. The zero-order chi connectivity index (χ0) is 10.4. The van der Waals surface area contributed by atoms with Crippen molar-refractivity contribution < 1.29 is 9.18 Å². The van der Waals surface area contributed by atoms with Crippen molar-refractivity contribution in [2.45, 2.75) is 19.8 Å². The van der Waals surface area contributed by atoms with Gasteiger partial charge in [-0.2, -0.15) is 0 Å². The molecule has 1 nitrogen and oxygen atoms in total. The smallest absolute Gasteiger partial charge is 0.159 e. The summed E-state index contributed by atoms with van der Waals surface area (Å²) in [4.78, 5) is 11.3. The van der Waals surface area contributed by atoms with Gasteiger partial charge in [-0.1, -0.05) is 25.1 Å². The van der Waals surface area contributed by atoms with Crippen molar-refractivity contribution in [3.8, 4) is 0 Å². The van der Waals surface area contributed by atoms with Gasteiger partial charge < -0.3 is 0 Å². The van der Waals surface area contributed by atoms with E-state index in [-0.39, 0.29) is 18.0 Å². The summed E-state index contributed by atoms with van der Waals surface area (Å²) in [7, 11) is 0. The molecule has 0 radical (unpaired) electrons. The molecule has 2 heteroatoms. The maximum absolute atomic E-state index is 12.7. The fourth-order valence-electron chi connectivity index (χ4n) is 1.16. The molecule has 1 aromatic rings. The van der Waals surface area contributed by atoms with Crippen LogP contribution in [0.5, 0.6) is 0 Å². The first kappa shape index (κ1) is 10.6. The highest BCUT2D eigenvalue weighted by Crippen LogP contribution is 2.05. The number of hydrogen-bond donors (Lipinski definition) is 0. The van der Waals surface area contributed by atoms with Crippen LogP contribution in [-0.2, 0) is 11.2 Å². The van der Waals surface area contributed by atoms with Crippen molar-refractivity contribution in [2.75, 3.05) is 0 Å². The van der Waals surface area contributed by atoms with Gasteiger partial charge in [0.2, 0.25) is 0 Å².